The molecule has 1 saturated heterocycles. The zero-order valence-corrected chi connectivity index (χ0v) is 13.1. The first-order chi connectivity index (χ1) is 8.97. The van der Waals surface area contributed by atoms with Crippen molar-refractivity contribution in [3.05, 3.63) is 0 Å². The second-order valence-corrected chi connectivity index (χ2v) is 7.31. The summed E-state index contributed by atoms with van der Waals surface area (Å²) in [5.41, 5.74) is 0. The summed E-state index contributed by atoms with van der Waals surface area (Å²) < 4.78 is 0. The lowest BCUT2D eigenvalue weighted by Crippen LogP contribution is -2.58. The van der Waals surface area contributed by atoms with Gasteiger partial charge in [-0.3, -0.25) is 4.90 Å². The summed E-state index contributed by atoms with van der Waals surface area (Å²) >= 11 is 0. The highest BCUT2D eigenvalue weighted by molar-refractivity contribution is 4.93. The maximum absolute atomic E-state index is 9.97. The normalized spacial score (nSPS) is 38.2. The second kappa shape index (κ2) is 6.55. The van der Waals surface area contributed by atoms with Gasteiger partial charge in [0, 0.05) is 25.2 Å². The molecule has 3 heteroatoms. The summed E-state index contributed by atoms with van der Waals surface area (Å²) in [4.78, 5) is 2.65. The molecule has 1 saturated carbocycles. The molecular weight excluding hydrogens is 236 g/mol. The third kappa shape index (κ3) is 3.93. The maximum Gasteiger partial charge on any atom is 0.0553 e. The molecule has 1 heterocycles. The third-order valence-electron chi connectivity index (χ3n) is 5.05. The van der Waals surface area contributed by atoms with Gasteiger partial charge >= 0.3 is 0 Å². The van der Waals surface area contributed by atoms with Crippen LogP contribution in [0.2, 0.25) is 0 Å². The molecule has 2 aliphatic rings. The van der Waals surface area contributed by atoms with E-state index in [0.717, 1.165) is 31.5 Å². The molecule has 0 aromatic carbocycles. The lowest BCUT2D eigenvalue weighted by molar-refractivity contribution is -0.0106. The Hall–Kier alpha value is -0.120. The van der Waals surface area contributed by atoms with Crippen molar-refractivity contribution in [1.82, 2.24) is 10.2 Å². The van der Waals surface area contributed by atoms with Crippen LogP contribution in [-0.2, 0) is 0 Å². The summed E-state index contributed by atoms with van der Waals surface area (Å²) in [6, 6.07) is 1.33. The maximum atomic E-state index is 9.97. The van der Waals surface area contributed by atoms with Crippen molar-refractivity contribution in [3.8, 4) is 0 Å². The molecule has 0 aromatic rings. The first-order valence-corrected chi connectivity index (χ1v) is 8.12. The summed E-state index contributed by atoms with van der Waals surface area (Å²) in [6.45, 7) is 12.2. The number of hydrogen-bond donors (Lipinski definition) is 2. The molecule has 5 unspecified atom stereocenters. The van der Waals surface area contributed by atoms with Crippen molar-refractivity contribution in [2.45, 2.75) is 65.1 Å². The molecule has 2 rings (SSSR count). The number of rotatable bonds is 5. The van der Waals surface area contributed by atoms with Crippen LogP contribution < -0.4 is 5.32 Å². The van der Waals surface area contributed by atoms with Crippen molar-refractivity contribution >= 4 is 0 Å². The minimum absolute atomic E-state index is 0.179. The van der Waals surface area contributed by atoms with Crippen LogP contribution in [0, 0.1) is 17.8 Å². The Morgan fingerprint density at radius 2 is 1.95 bits per heavy atom. The Morgan fingerprint density at radius 3 is 2.42 bits per heavy atom. The van der Waals surface area contributed by atoms with Gasteiger partial charge in [-0.05, 0) is 50.5 Å². The zero-order valence-electron chi connectivity index (χ0n) is 13.1. The first kappa shape index (κ1) is 15.3. The Morgan fingerprint density at radius 1 is 1.21 bits per heavy atom. The topological polar surface area (TPSA) is 35.5 Å². The van der Waals surface area contributed by atoms with Crippen molar-refractivity contribution in [2.75, 3.05) is 19.6 Å². The van der Waals surface area contributed by atoms with E-state index in [4.69, 9.17) is 0 Å². The smallest absolute Gasteiger partial charge is 0.0553 e. The molecule has 0 aromatic heterocycles. The van der Waals surface area contributed by atoms with E-state index < -0.39 is 0 Å². The minimum Gasteiger partial charge on any atom is -0.393 e. The second-order valence-electron chi connectivity index (χ2n) is 7.31. The highest BCUT2D eigenvalue weighted by Gasteiger charge is 2.38. The van der Waals surface area contributed by atoms with Gasteiger partial charge < -0.3 is 10.4 Å². The largest absolute Gasteiger partial charge is 0.393 e. The molecule has 0 spiro atoms. The van der Waals surface area contributed by atoms with Crippen LogP contribution in [0.15, 0.2) is 0 Å². The van der Waals surface area contributed by atoms with Crippen LogP contribution in [0.25, 0.3) is 0 Å². The van der Waals surface area contributed by atoms with Crippen LogP contribution in [-0.4, -0.2) is 47.8 Å². The van der Waals surface area contributed by atoms with Gasteiger partial charge in [0.2, 0.25) is 0 Å². The number of likely N-dealkylation sites (tertiary alicyclic amines) is 1. The van der Waals surface area contributed by atoms with E-state index in [1.807, 2.05) is 6.92 Å². The minimum atomic E-state index is -0.179. The lowest BCUT2D eigenvalue weighted by atomic mass is 9.77. The van der Waals surface area contributed by atoms with E-state index in [2.05, 4.69) is 31.0 Å². The SMILES string of the molecule is CC(C)CNC1CC(C(C)O)CN(C2CCC2C)C1. The van der Waals surface area contributed by atoms with Crippen molar-refractivity contribution < 1.29 is 5.11 Å². The highest BCUT2D eigenvalue weighted by Crippen LogP contribution is 2.34. The van der Waals surface area contributed by atoms with Crippen molar-refractivity contribution in [1.29, 1.82) is 0 Å². The van der Waals surface area contributed by atoms with Crippen LogP contribution in [0.1, 0.15) is 47.0 Å². The van der Waals surface area contributed by atoms with E-state index in [0.29, 0.717) is 17.9 Å². The van der Waals surface area contributed by atoms with E-state index in [1.165, 1.54) is 19.4 Å². The molecule has 5 atom stereocenters. The fraction of sp³-hybridized carbons (Fsp3) is 1.00. The van der Waals surface area contributed by atoms with E-state index in [-0.39, 0.29) is 6.10 Å². The van der Waals surface area contributed by atoms with E-state index >= 15 is 0 Å². The molecule has 0 amide bonds. The van der Waals surface area contributed by atoms with Gasteiger partial charge in [-0.25, -0.2) is 0 Å². The predicted molar refractivity (Wildman–Crippen MR) is 80.2 cm³/mol. The van der Waals surface area contributed by atoms with Crippen LogP contribution >= 0.6 is 0 Å². The van der Waals surface area contributed by atoms with Gasteiger partial charge in [-0.2, -0.15) is 0 Å². The van der Waals surface area contributed by atoms with E-state index in [9.17, 15) is 5.11 Å². The number of piperidine rings is 1. The summed E-state index contributed by atoms with van der Waals surface area (Å²) in [5.74, 6) is 1.98. The first-order valence-electron chi connectivity index (χ1n) is 8.12. The van der Waals surface area contributed by atoms with Gasteiger partial charge in [-0.15, -0.1) is 0 Å². The predicted octanol–water partition coefficient (Wildman–Crippen LogP) is 2.10. The van der Waals surface area contributed by atoms with E-state index in [1.54, 1.807) is 0 Å². The molecule has 0 bridgehead atoms. The average molecular weight is 268 g/mol. The fourth-order valence-electron chi connectivity index (χ4n) is 3.54. The Kier molecular flexibility index (Phi) is 5.27. The molecule has 0 radical (unpaired) electrons. The lowest BCUT2D eigenvalue weighted by Gasteiger charge is -2.49. The summed E-state index contributed by atoms with van der Waals surface area (Å²) in [6.07, 6.45) is 3.68. The Balaban J connectivity index is 1.92. The van der Waals surface area contributed by atoms with Crippen molar-refractivity contribution in [2.24, 2.45) is 17.8 Å². The monoisotopic (exact) mass is 268 g/mol. The molecule has 1 aliphatic heterocycles. The van der Waals surface area contributed by atoms with Crippen LogP contribution in [0.3, 0.4) is 0 Å². The highest BCUT2D eigenvalue weighted by atomic mass is 16.3. The van der Waals surface area contributed by atoms with Crippen molar-refractivity contribution in [3.63, 3.8) is 0 Å². The average Bonchev–Trinajstić information content (AvgIpc) is 2.34. The summed E-state index contributed by atoms with van der Waals surface area (Å²) in [5, 5.41) is 13.7. The number of aliphatic hydroxyl groups is 1. The molecule has 19 heavy (non-hydrogen) atoms. The Labute approximate surface area is 118 Å². The molecule has 1 aliphatic carbocycles. The molecular formula is C16H32N2O. The van der Waals surface area contributed by atoms with Gasteiger partial charge in [0.25, 0.3) is 0 Å². The third-order valence-corrected chi connectivity index (χ3v) is 5.05. The van der Waals surface area contributed by atoms with Crippen LogP contribution in [0.5, 0.6) is 0 Å². The summed E-state index contributed by atoms with van der Waals surface area (Å²) in [7, 11) is 0. The fourth-order valence-corrected chi connectivity index (χ4v) is 3.54. The number of aliphatic hydroxyl groups excluding tert-OH is 1. The standard InChI is InChI=1S/C16H32N2O/c1-11(2)8-17-15-7-14(13(4)19)9-18(10-15)16-6-5-12(16)3/h11-17,19H,5-10H2,1-4H3. The molecule has 2 fully saturated rings. The molecule has 2 N–H and O–H groups in total. The quantitative estimate of drug-likeness (QED) is 0.801. The van der Waals surface area contributed by atoms with Gasteiger partial charge in [0.05, 0.1) is 6.10 Å². The molecule has 112 valence electrons. The van der Waals surface area contributed by atoms with Crippen LogP contribution in [0.4, 0.5) is 0 Å². The zero-order chi connectivity index (χ0) is 14.0. The van der Waals surface area contributed by atoms with Gasteiger partial charge in [0.15, 0.2) is 0 Å². The Bertz CT molecular complexity index is 280. The number of hydrogen-bond acceptors (Lipinski definition) is 3. The molecule has 3 nitrogen and oxygen atoms in total. The van der Waals surface area contributed by atoms with Gasteiger partial charge in [-0.1, -0.05) is 20.8 Å². The number of nitrogens with zero attached hydrogens (tertiary/aromatic N) is 1. The van der Waals surface area contributed by atoms with Gasteiger partial charge in [0.1, 0.15) is 0 Å². The number of nitrogens with one attached hydrogen (secondary N) is 1.